The normalized spacial score (nSPS) is 10.4. The second kappa shape index (κ2) is 8.04. The fourth-order valence-corrected chi connectivity index (χ4v) is 3.98. The Labute approximate surface area is 149 Å². The van der Waals surface area contributed by atoms with Gasteiger partial charge in [0, 0.05) is 22.4 Å². The number of ether oxygens (including phenoxy) is 1. The first kappa shape index (κ1) is 16.6. The van der Waals surface area contributed by atoms with Crippen LogP contribution in [0.5, 0.6) is 5.75 Å². The average Bonchev–Trinajstić information content (AvgIpc) is 3.14. The number of anilines is 1. The second-order valence-corrected chi connectivity index (χ2v) is 6.90. The minimum Gasteiger partial charge on any atom is -0.497 e. The highest BCUT2D eigenvalue weighted by Gasteiger charge is 2.12. The maximum Gasteiger partial charge on any atom is 0.256 e. The van der Waals surface area contributed by atoms with Gasteiger partial charge < -0.3 is 10.1 Å². The Morgan fingerprint density at radius 1 is 1.17 bits per heavy atom. The molecule has 0 fully saturated rings. The molecule has 3 nitrogen and oxygen atoms in total. The fraction of sp³-hybridized carbons (Fsp3) is 0.105. The van der Waals surface area contributed by atoms with Gasteiger partial charge in [-0.1, -0.05) is 18.2 Å². The number of nitrogens with one attached hydrogen (secondary N) is 1. The standard InChI is InChI=1S/C19H17NO2S2/c1-22-16-6-4-5-15(11-16)20-19(21)17-7-2-3-8-18(17)24-13-14-9-10-23-12-14/h2-12H,13H2,1H3,(H,20,21). The molecule has 1 N–H and O–H groups in total. The molecule has 0 unspecified atom stereocenters. The molecular formula is C19H17NO2S2. The summed E-state index contributed by atoms with van der Waals surface area (Å²) in [5.41, 5.74) is 2.67. The van der Waals surface area contributed by atoms with E-state index in [4.69, 9.17) is 4.74 Å². The zero-order valence-electron chi connectivity index (χ0n) is 13.2. The quantitative estimate of drug-likeness (QED) is 0.610. The predicted octanol–water partition coefficient (Wildman–Crippen LogP) is 5.30. The van der Waals surface area contributed by atoms with Gasteiger partial charge in [-0.2, -0.15) is 11.3 Å². The molecule has 0 aliphatic carbocycles. The number of carbonyl (C=O) groups is 1. The molecule has 2 aromatic carbocycles. The van der Waals surface area contributed by atoms with Crippen LogP contribution in [0.3, 0.4) is 0 Å². The minimum absolute atomic E-state index is 0.114. The summed E-state index contributed by atoms with van der Waals surface area (Å²) in [6, 6.07) is 17.1. The van der Waals surface area contributed by atoms with E-state index >= 15 is 0 Å². The molecule has 0 bridgehead atoms. The fourth-order valence-electron chi connectivity index (χ4n) is 2.22. The van der Waals surface area contributed by atoms with Crippen molar-refractivity contribution in [2.45, 2.75) is 10.6 Å². The molecule has 0 atom stereocenters. The van der Waals surface area contributed by atoms with Gasteiger partial charge in [0.1, 0.15) is 5.75 Å². The van der Waals surface area contributed by atoms with E-state index in [0.29, 0.717) is 11.3 Å². The highest BCUT2D eigenvalue weighted by molar-refractivity contribution is 7.98. The van der Waals surface area contributed by atoms with Crippen LogP contribution in [-0.2, 0) is 5.75 Å². The predicted molar refractivity (Wildman–Crippen MR) is 101 cm³/mol. The SMILES string of the molecule is COc1cccc(NC(=O)c2ccccc2SCc2ccsc2)c1. The lowest BCUT2D eigenvalue weighted by Gasteiger charge is -2.10. The number of thioether (sulfide) groups is 1. The largest absolute Gasteiger partial charge is 0.497 e. The molecule has 0 aliphatic rings. The lowest BCUT2D eigenvalue weighted by Crippen LogP contribution is -2.13. The summed E-state index contributed by atoms with van der Waals surface area (Å²) < 4.78 is 5.19. The number of hydrogen-bond acceptors (Lipinski definition) is 4. The average molecular weight is 355 g/mol. The molecule has 3 rings (SSSR count). The smallest absolute Gasteiger partial charge is 0.256 e. The van der Waals surface area contributed by atoms with Gasteiger partial charge in [0.15, 0.2) is 0 Å². The molecule has 122 valence electrons. The van der Waals surface area contributed by atoms with E-state index in [-0.39, 0.29) is 5.91 Å². The van der Waals surface area contributed by atoms with Crippen molar-refractivity contribution in [1.29, 1.82) is 0 Å². The van der Waals surface area contributed by atoms with Crippen LogP contribution in [-0.4, -0.2) is 13.0 Å². The van der Waals surface area contributed by atoms with E-state index in [1.54, 1.807) is 36.3 Å². The number of hydrogen-bond donors (Lipinski definition) is 1. The summed E-state index contributed by atoms with van der Waals surface area (Å²) in [5, 5.41) is 7.13. The van der Waals surface area contributed by atoms with Gasteiger partial charge >= 0.3 is 0 Å². The van der Waals surface area contributed by atoms with E-state index < -0.39 is 0 Å². The summed E-state index contributed by atoms with van der Waals surface area (Å²) >= 11 is 3.36. The second-order valence-electron chi connectivity index (χ2n) is 5.10. The Bertz CT molecular complexity index is 816. The Hall–Kier alpha value is -2.24. The van der Waals surface area contributed by atoms with Crippen LogP contribution in [0.4, 0.5) is 5.69 Å². The molecule has 24 heavy (non-hydrogen) atoms. The van der Waals surface area contributed by atoms with Crippen LogP contribution < -0.4 is 10.1 Å². The van der Waals surface area contributed by atoms with Gasteiger partial charge in [0.2, 0.25) is 0 Å². The van der Waals surface area contributed by atoms with Gasteiger partial charge in [-0.15, -0.1) is 11.8 Å². The molecule has 3 aromatic rings. The van der Waals surface area contributed by atoms with Crippen molar-refractivity contribution < 1.29 is 9.53 Å². The molecule has 0 aliphatic heterocycles. The van der Waals surface area contributed by atoms with Gasteiger partial charge in [-0.05, 0) is 46.7 Å². The first-order chi connectivity index (χ1) is 11.8. The summed E-state index contributed by atoms with van der Waals surface area (Å²) in [6.07, 6.45) is 0. The zero-order chi connectivity index (χ0) is 16.8. The van der Waals surface area contributed by atoms with Crippen molar-refractivity contribution in [2.75, 3.05) is 12.4 Å². The maximum atomic E-state index is 12.6. The molecule has 0 saturated heterocycles. The number of benzene rings is 2. The van der Waals surface area contributed by atoms with Crippen LogP contribution in [0, 0.1) is 0 Å². The Morgan fingerprint density at radius 2 is 2.04 bits per heavy atom. The van der Waals surface area contributed by atoms with Crippen molar-refractivity contribution >= 4 is 34.7 Å². The van der Waals surface area contributed by atoms with Gasteiger partial charge in [0.05, 0.1) is 12.7 Å². The summed E-state index contributed by atoms with van der Waals surface area (Å²) in [4.78, 5) is 13.6. The van der Waals surface area contributed by atoms with Crippen molar-refractivity contribution in [3.63, 3.8) is 0 Å². The van der Waals surface area contributed by atoms with Crippen molar-refractivity contribution in [2.24, 2.45) is 0 Å². The molecule has 1 amide bonds. The van der Waals surface area contributed by atoms with Crippen LogP contribution in [0.15, 0.2) is 70.3 Å². The summed E-state index contributed by atoms with van der Waals surface area (Å²) in [5.74, 6) is 1.46. The topological polar surface area (TPSA) is 38.3 Å². The Kier molecular flexibility index (Phi) is 5.56. The first-order valence-electron chi connectivity index (χ1n) is 7.44. The first-order valence-corrected chi connectivity index (χ1v) is 9.37. The van der Waals surface area contributed by atoms with Crippen LogP contribution in [0.1, 0.15) is 15.9 Å². The van der Waals surface area contributed by atoms with E-state index in [0.717, 1.165) is 16.3 Å². The Balaban J connectivity index is 1.74. The van der Waals surface area contributed by atoms with Crippen LogP contribution >= 0.6 is 23.1 Å². The maximum absolute atomic E-state index is 12.6. The van der Waals surface area contributed by atoms with E-state index in [1.807, 2.05) is 42.5 Å². The minimum atomic E-state index is -0.114. The van der Waals surface area contributed by atoms with Crippen molar-refractivity contribution in [3.8, 4) is 5.75 Å². The van der Waals surface area contributed by atoms with Gasteiger partial charge in [0.25, 0.3) is 5.91 Å². The van der Waals surface area contributed by atoms with Gasteiger partial charge in [-0.3, -0.25) is 4.79 Å². The van der Waals surface area contributed by atoms with E-state index in [9.17, 15) is 4.79 Å². The van der Waals surface area contributed by atoms with Gasteiger partial charge in [-0.25, -0.2) is 0 Å². The molecule has 1 heterocycles. The highest BCUT2D eigenvalue weighted by atomic mass is 32.2. The molecule has 1 aromatic heterocycles. The summed E-state index contributed by atoms with van der Waals surface area (Å²) in [6.45, 7) is 0. The number of carbonyl (C=O) groups excluding carboxylic acids is 1. The molecule has 5 heteroatoms. The monoisotopic (exact) mass is 355 g/mol. The van der Waals surface area contributed by atoms with Crippen molar-refractivity contribution in [3.05, 3.63) is 76.5 Å². The number of amides is 1. The van der Waals surface area contributed by atoms with Crippen LogP contribution in [0.2, 0.25) is 0 Å². The van der Waals surface area contributed by atoms with Crippen LogP contribution in [0.25, 0.3) is 0 Å². The number of thiophene rings is 1. The molecule has 0 radical (unpaired) electrons. The molecule has 0 spiro atoms. The zero-order valence-corrected chi connectivity index (χ0v) is 14.8. The summed E-state index contributed by atoms with van der Waals surface area (Å²) in [7, 11) is 1.61. The lowest BCUT2D eigenvalue weighted by atomic mass is 10.2. The third-order valence-corrected chi connectivity index (χ3v) is 5.31. The lowest BCUT2D eigenvalue weighted by molar-refractivity contribution is 0.102. The number of rotatable bonds is 6. The Morgan fingerprint density at radius 3 is 2.83 bits per heavy atom. The van der Waals surface area contributed by atoms with E-state index in [1.165, 1.54) is 5.56 Å². The van der Waals surface area contributed by atoms with Crippen molar-refractivity contribution in [1.82, 2.24) is 0 Å². The molecule has 0 saturated carbocycles. The van der Waals surface area contributed by atoms with E-state index in [2.05, 4.69) is 22.1 Å². The highest BCUT2D eigenvalue weighted by Crippen LogP contribution is 2.28. The third kappa shape index (κ3) is 4.19. The number of methoxy groups -OCH3 is 1. The molecular weight excluding hydrogens is 338 g/mol. The third-order valence-electron chi connectivity index (χ3n) is 3.43.